The van der Waals surface area contributed by atoms with Crippen molar-refractivity contribution in [2.45, 2.75) is 30.8 Å². The number of thioether (sulfide) groups is 1. The molecule has 102 valence electrons. The van der Waals surface area contributed by atoms with Crippen LogP contribution in [0.15, 0.2) is 28.2 Å². The molecule has 0 amide bonds. The summed E-state index contributed by atoms with van der Waals surface area (Å²) in [5.41, 5.74) is 6.77. The summed E-state index contributed by atoms with van der Waals surface area (Å²) < 4.78 is 1.58. The summed E-state index contributed by atoms with van der Waals surface area (Å²) in [5.74, 6) is 0.684. The maximum atomic E-state index is 11.6. The zero-order chi connectivity index (χ0) is 14.0. The van der Waals surface area contributed by atoms with Gasteiger partial charge < -0.3 is 10.8 Å². The standard InChI is InChI=1S/C12H16N4O2S/c1-7(2)16-11(18)14-15-12(16)19-6-8-5-9(13)3-4-10(8)17/h3-5,7,17H,6,13H2,1-2H3,(H,14,18). The molecule has 0 saturated heterocycles. The van der Waals surface area contributed by atoms with Gasteiger partial charge in [0.15, 0.2) is 5.16 Å². The predicted octanol–water partition coefficient (Wildman–Crippen LogP) is 1.73. The molecule has 7 heteroatoms. The summed E-state index contributed by atoms with van der Waals surface area (Å²) in [6, 6.07) is 4.95. The number of rotatable bonds is 4. The molecule has 0 unspecified atom stereocenters. The summed E-state index contributed by atoms with van der Waals surface area (Å²) in [4.78, 5) is 11.6. The van der Waals surface area contributed by atoms with Crippen molar-refractivity contribution in [3.8, 4) is 5.75 Å². The molecule has 1 aromatic carbocycles. The van der Waals surface area contributed by atoms with Gasteiger partial charge in [-0.25, -0.2) is 9.89 Å². The van der Waals surface area contributed by atoms with E-state index in [4.69, 9.17) is 5.73 Å². The van der Waals surface area contributed by atoms with Gasteiger partial charge in [0, 0.05) is 23.0 Å². The van der Waals surface area contributed by atoms with Gasteiger partial charge >= 0.3 is 5.69 Å². The lowest BCUT2D eigenvalue weighted by atomic mass is 10.2. The molecule has 2 rings (SSSR count). The number of aromatic amines is 1. The summed E-state index contributed by atoms with van der Waals surface area (Å²) >= 11 is 1.38. The fourth-order valence-corrected chi connectivity index (χ4v) is 2.77. The highest BCUT2D eigenvalue weighted by Crippen LogP contribution is 2.28. The molecule has 0 fully saturated rings. The van der Waals surface area contributed by atoms with E-state index in [9.17, 15) is 9.90 Å². The Balaban J connectivity index is 2.19. The second kappa shape index (κ2) is 5.40. The Morgan fingerprint density at radius 1 is 1.53 bits per heavy atom. The van der Waals surface area contributed by atoms with Crippen molar-refractivity contribution in [3.05, 3.63) is 34.2 Å². The van der Waals surface area contributed by atoms with Crippen molar-refractivity contribution < 1.29 is 5.11 Å². The Morgan fingerprint density at radius 3 is 2.95 bits per heavy atom. The Hall–Kier alpha value is -1.89. The van der Waals surface area contributed by atoms with Crippen LogP contribution in [0.5, 0.6) is 5.75 Å². The van der Waals surface area contributed by atoms with Gasteiger partial charge in [-0.1, -0.05) is 11.8 Å². The number of aromatic nitrogens is 3. The van der Waals surface area contributed by atoms with Gasteiger partial charge in [0.2, 0.25) is 0 Å². The predicted molar refractivity (Wildman–Crippen MR) is 75.3 cm³/mol. The first-order chi connectivity index (χ1) is 8.99. The highest BCUT2D eigenvalue weighted by molar-refractivity contribution is 7.98. The van der Waals surface area contributed by atoms with Crippen LogP contribution in [0.4, 0.5) is 5.69 Å². The van der Waals surface area contributed by atoms with Crippen molar-refractivity contribution in [3.63, 3.8) is 0 Å². The van der Waals surface area contributed by atoms with E-state index in [1.54, 1.807) is 22.8 Å². The number of hydrogen-bond acceptors (Lipinski definition) is 5. The Kier molecular flexibility index (Phi) is 3.84. The molecule has 2 aromatic rings. The molecule has 0 aliphatic rings. The SMILES string of the molecule is CC(C)n1c(SCc2cc(N)ccc2O)n[nH]c1=O. The smallest absolute Gasteiger partial charge is 0.344 e. The fourth-order valence-electron chi connectivity index (χ4n) is 1.71. The van der Waals surface area contributed by atoms with Gasteiger partial charge in [-0.2, -0.15) is 0 Å². The van der Waals surface area contributed by atoms with Crippen molar-refractivity contribution in [1.29, 1.82) is 0 Å². The minimum absolute atomic E-state index is 0.0307. The highest BCUT2D eigenvalue weighted by atomic mass is 32.2. The van der Waals surface area contributed by atoms with Gasteiger partial charge in [-0.15, -0.1) is 5.10 Å². The van der Waals surface area contributed by atoms with Crippen LogP contribution in [0, 0.1) is 0 Å². The van der Waals surface area contributed by atoms with Crippen LogP contribution in [0.25, 0.3) is 0 Å². The van der Waals surface area contributed by atoms with Crippen molar-refractivity contribution in [2.24, 2.45) is 0 Å². The van der Waals surface area contributed by atoms with Crippen LogP contribution in [0.3, 0.4) is 0 Å². The number of aromatic hydroxyl groups is 1. The normalized spacial score (nSPS) is 11.1. The number of benzene rings is 1. The van der Waals surface area contributed by atoms with Gasteiger partial charge in [-0.3, -0.25) is 4.57 Å². The summed E-state index contributed by atoms with van der Waals surface area (Å²) in [6.45, 7) is 3.83. The number of H-pyrrole nitrogens is 1. The summed E-state index contributed by atoms with van der Waals surface area (Å²) in [7, 11) is 0. The first-order valence-corrected chi connectivity index (χ1v) is 6.84. The van der Waals surface area contributed by atoms with E-state index in [-0.39, 0.29) is 17.5 Å². The van der Waals surface area contributed by atoms with Gasteiger partial charge in [0.1, 0.15) is 5.75 Å². The van der Waals surface area contributed by atoms with Crippen LogP contribution in [0.1, 0.15) is 25.5 Å². The molecule has 0 atom stereocenters. The zero-order valence-electron chi connectivity index (χ0n) is 10.8. The number of anilines is 1. The highest BCUT2D eigenvalue weighted by Gasteiger charge is 2.12. The maximum Gasteiger partial charge on any atom is 0.344 e. The third-order valence-electron chi connectivity index (χ3n) is 2.65. The van der Waals surface area contributed by atoms with E-state index in [0.717, 1.165) is 5.56 Å². The van der Waals surface area contributed by atoms with Crippen LogP contribution < -0.4 is 11.4 Å². The number of nitrogens with one attached hydrogen (secondary N) is 1. The number of phenols is 1. The Labute approximate surface area is 114 Å². The molecule has 1 aromatic heterocycles. The van der Waals surface area contributed by atoms with E-state index >= 15 is 0 Å². The van der Waals surface area contributed by atoms with Crippen molar-refractivity contribution in [1.82, 2.24) is 14.8 Å². The van der Waals surface area contributed by atoms with E-state index in [1.807, 2.05) is 13.8 Å². The maximum absolute atomic E-state index is 11.6. The molecule has 1 heterocycles. The second-order valence-electron chi connectivity index (χ2n) is 4.45. The monoisotopic (exact) mass is 280 g/mol. The van der Waals surface area contributed by atoms with Gasteiger partial charge in [0.25, 0.3) is 0 Å². The average molecular weight is 280 g/mol. The summed E-state index contributed by atoms with van der Waals surface area (Å²) in [6.07, 6.45) is 0. The van der Waals surface area contributed by atoms with Crippen LogP contribution in [-0.4, -0.2) is 19.9 Å². The van der Waals surface area contributed by atoms with Crippen molar-refractivity contribution >= 4 is 17.4 Å². The molecule has 0 spiro atoms. The minimum atomic E-state index is -0.228. The molecule has 0 aliphatic carbocycles. The average Bonchev–Trinajstić information content (AvgIpc) is 2.72. The molecule has 6 nitrogen and oxygen atoms in total. The Bertz CT molecular complexity index is 633. The number of nitrogen functional groups attached to an aromatic ring is 1. The van der Waals surface area contributed by atoms with Crippen LogP contribution >= 0.6 is 11.8 Å². The van der Waals surface area contributed by atoms with E-state index in [1.165, 1.54) is 11.8 Å². The molecule has 0 radical (unpaired) electrons. The topological polar surface area (TPSA) is 96.9 Å². The fraction of sp³-hybridized carbons (Fsp3) is 0.333. The van der Waals surface area contributed by atoms with Crippen molar-refractivity contribution in [2.75, 3.05) is 5.73 Å². The number of hydrogen-bond donors (Lipinski definition) is 3. The van der Waals surface area contributed by atoms with Gasteiger partial charge in [-0.05, 0) is 32.0 Å². The lowest BCUT2D eigenvalue weighted by Gasteiger charge is -2.09. The molecular weight excluding hydrogens is 264 g/mol. The Morgan fingerprint density at radius 2 is 2.26 bits per heavy atom. The third-order valence-corrected chi connectivity index (χ3v) is 3.65. The quantitative estimate of drug-likeness (QED) is 0.450. The minimum Gasteiger partial charge on any atom is -0.508 e. The van der Waals surface area contributed by atoms with E-state index in [2.05, 4.69) is 10.2 Å². The number of nitrogens with two attached hydrogens (primary N) is 1. The lowest BCUT2D eigenvalue weighted by molar-refractivity contribution is 0.470. The first kappa shape index (κ1) is 13.5. The van der Waals surface area contributed by atoms with E-state index in [0.29, 0.717) is 16.6 Å². The van der Waals surface area contributed by atoms with Crippen LogP contribution in [0.2, 0.25) is 0 Å². The first-order valence-electron chi connectivity index (χ1n) is 5.86. The molecule has 19 heavy (non-hydrogen) atoms. The lowest BCUT2D eigenvalue weighted by Crippen LogP contribution is -2.19. The number of nitrogens with zero attached hydrogens (tertiary/aromatic N) is 2. The van der Waals surface area contributed by atoms with E-state index < -0.39 is 0 Å². The summed E-state index contributed by atoms with van der Waals surface area (Å²) in [5, 5.41) is 16.7. The molecular formula is C12H16N4O2S. The largest absolute Gasteiger partial charge is 0.508 e. The van der Waals surface area contributed by atoms with Crippen LogP contribution in [-0.2, 0) is 5.75 Å². The zero-order valence-corrected chi connectivity index (χ0v) is 11.6. The molecule has 0 aliphatic heterocycles. The molecule has 0 bridgehead atoms. The third kappa shape index (κ3) is 2.93. The molecule has 4 N–H and O–H groups in total. The molecule has 0 saturated carbocycles. The van der Waals surface area contributed by atoms with Gasteiger partial charge in [0.05, 0.1) is 0 Å². The number of phenolic OH excluding ortho intramolecular Hbond substituents is 1. The second-order valence-corrected chi connectivity index (χ2v) is 5.39.